The average molecular weight is 145 g/mol. The van der Waals surface area contributed by atoms with Crippen LogP contribution in [0.3, 0.4) is 0 Å². The Morgan fingerprint density at radius 2 is 1.70 bits per heavy atom. The number of hydrogen-bond donors (Lipinski definition) is 1. The lowest BCUT2D eigenvalue weighted by molar-refractivity contribution is 0.0975. The van der Waals surface area contributed by atoms with Gasteiger partial charge in [0.15, 0.2) is 0 Å². The number of rotatable bonds is 1. The van der Waals surface area contributed by atoms with E-state index in [0.717, 1.165) is 25.7 Å². The minimum Gasteiger partial charge on any atom is -0.322 e. The molecule has 0 aromatic heterocycles. The third kappa shape index (κ3) is 1.17. The van der Waals surface area contributed by atoms with Crippen molar-refractivity contribution in [3.05, 3.63) is 0 Å². The quantitative estimate of drug-likeness (QED) is 0.600. The van der Waals surface area contributed by atoms with Crippen molar-refractivity contribution in [3.8, 4) is 0 Å². The maximum Gasteiger partial charge on any atom is 0.123 e. The highest BCUT2D eigenvalue weighted by molar-refractivity contribution is 5.01. The molecule has 0 heterocycles. The maximum absolute atomic E-state index is 13.4. The minimum absolute atomic E-state index is 0.535. The first-order chi connectivity index (χ1) is 4.46. The van der Waals surface area contributed by atoms with E-state index in [1.807, 2.05) is 0 Å². The average Bonchev–Trinajstić information content (AvgIpc) is 2.13. The lowest BCUT2D eigenvalue weighted by Gasteiger charge is -2.34. The molecule has 0 spiro atoms. The third-order valence-electron chi connectivity index (χ3n) is 2.68. The molecular formula is C8H16FN. The van der Waals surface area contributed by atoms with Crippen LogP contribution in [0.4, 0.5) is 4.39 Å². The summed E-state index contributed by atoms with van der Waals surface area (Å²) in [5.74, 6) is 0. The van der Waals surface area contributed by atoms with Crippen LogP contribution in [-0.2, 0) is 0 Å². The van der Waals surface area contributed by atoms with Gasteiger partial charge in [0.2, 0.25) is 0 Å². The van der Waals surface area contributed by atoms with Gasteiger partial charge in [-0.05, 0) is 26.7 Å². The fourth-order valence-electron chi connectivity index (χ4n) is 1.60. The molecule has 1 fully saturated rings. The van der Waals surface area contributed by atoms with Crippen LogP contribution in [0.1, 0.15) is 39.5 Å². The van der Waals surface area contributed by atoms with E-state index in [0.29, 0.717) is 0 Å². The summed E-state index contributed by atoms with van der Waals surface area (Å²) < 4.78 is 13.4. The topological polar surface area (TPSA) is 26.0 Å². The van der Waals surface area contributed by atoms with E-state index in [9.17, 15) is 4.39 Å². The zero-order chi connectivity index (χ0) is 7.83. The van der Waals surface area contributed by atoms with Crippen molar-refractivity contribution in [1.82, 2.24) is 0 Å². The van der Waals surface area contributed by atoms with Gasteiger partial charge in [-0.15, -0.1) is 0 Å². The van der Waals surface area contributed by atoms with E-state index in [-0.39, 0.29) is 0 Å². The molecule has 0 bridgehead atoms. The van der Waals surface area contributed by atoms with E-state index in [2.05, 4.69) is 0 Å². The minimum atomic E-state index is -1.20. The third-order valence-corrected chi connectivity index (χ3v) is 2.68. The van der Waals surface area contributed by atoms with Crippen LogP contribution in [0.2, 0.25) is 0 Å². The van der Waals surface area contributed by atoms with Crippen molar-refractivity contribution in [2.24, 2.45) is 5.73 Å². The van der Waals surface area contributed by atoms with Gasteiger partial charge >= 0.3 is 0 Å². The molecule has 1 saturated carbocycles. The van der Waals surface area contributed by atoms with Crippen molar-refractivity contribution >= 4 is 0 Å². The fourth-order valence-corrected chi connectivity index (χ4v) is 1.60. The van der Waals surface area contributed by atoms with Gasteiger partial charge in [-0.2, -0.15) is 0 Å². The Bertz CT molecular complexity index is 120. The second-order valence-electron chi connectivity index (χ2n) is 3.84. The molecule has 0 aliphatic heterocycles. The first-order valence-electron chi connectivity index (χ1n) is 3.93. The molecule has 0 amide bonds. The van der Waals surface area contributed by atoms with Crippen LogP contribution in [0, 0.1) is 0 Å². The Kier molecular flexibility index (Phi) is 1.75. The summed E-state index contributed by atoms with van der Waals surface area (Å²) in [7, 11) is 0. The molecule has 0 atom stereocenters. The summed E-state index contributed by atoms with van der Waals surface area (Å²) in [5.41, 5.74) is 4.12. The van der Waals surface area contributed by atoms with Crippen molar-refractivity contribution in [1.29, 1.82) is 0 Å². The lowest BCUT2D eigenvalue weighted by Crippen LogP contribution is -2.52. The first-order valence-corrected chi connectivity index (χ1v) is 3.93. The Morgan fingerprint density at radius 3 is 1.90 bits per heavy atom. The normalized spacial score (nSPS) is 25.2. The summed E-state index contributed by atoms with van der Waals surface area (Å²) in [6, 6.07) is 0. The van der Waals surface area contributed by atoms with Crippen LogP contribution in [-0.4, -0.2) is 11.2 Å². The van der Waals surface area contributed by atoms with Gasteiger partial charge in [0.1, 0.15) is 5.67 Å². The van der Waals surface area contributed by atoms with Crippen molar-refractivity contribution in [2.45, 2.75) is 50.7 Å². The lowest BCUT2D eigenvalue weighted by atomic mass is 9.83. The second kappa shape index (κ2) is 2.19. The zero-order valence-corrected chi connectivity index (χ0v) is 6.78. The van der Waals surface area contributed by atoms with Crippen molar-refractivity contribution in [3.63, 3.8) is 0 Å². The number of alkyl halides is 1. The molecule has 2 heteroatoms. The van der Waals surface area contributed by atoms with Crippen molar-refractivity contribution in [2.75, 3.05) is 0 Å². The van der Waals surface area contributed by atoms with Gasteiger partial charge in [-0.1, -0.05) is 12.8 Å². The summed E-state index contributed by atoms with van der Waals surface area (Å²) in [6.45, 7) is 3.16. The van der Waals surface area contributed by atoms with E-state index in [4.69, 9.17) is 5.73 Å². The largest absolute Gasteiger partial charge is 0.322 e. The Balaban J connectivity index is 2.67. The maximum atomic E-state index is 13.4. The van der Waals surface area contributed by atoms with E-state index in [1.165, 1.54) is 0 Å². The van der Waals surface area contributed by atoms with Crippen LogP contribution in [0.5, 0.6) is 0 Å². The summed E-state index contributed by atoms with van der Waals surface area (Å²) in [4.78, 5) is 0. The van der Waals surface area contributed by atoms with E-state index >= 15 is 0 Å². The molecule has 0 radical (unpaired) electrons. The molecular weight excluding hydrogens is 129 g/mol. The smallest absolute Gasteiger partial charge is 0.123 e. The standard InChI is InChI=1S/C8H16FN/c1-7(2,9)8(10)5-3-4-6-8/h3-6,10H2,1-2H3. The van der Waals surface area contributed by atoms with Gasteiger partial charge in [-0.25, -0.2) is 4.39 Å². The highest BCUT2D eigenvalue weighted by Crippen LogP contribution is 2.37. The Labute approximate surface area is 61.8 Å². The molecule has 0 saturated heterocycles. The SMILES string of the molecule is CC(C)(F)C1(N)CCCC1. The molecule has 1 rings (SSSR count). The second-order valence-corrected chi connectivity index (χ2v) is 3.84. The molecule has 60 valence electrons. The number of hydrogen-bond acceptors (Lipinski definition) is 1. The Morgan fingerprint density at radius 1 is 1.30 bits per heavy atom. The van der Waals surface area contributed by atoms with Gasteiger partial charge < -0.3 is 5.73 Å². The molecule has 0 aromatic carbocycles. The fraction of sp³-hybridized carbons (Fsp3) is 1.00. The monoisotopic (exact) mass is 145 g/mol. The first kappa shape index (κ1) is 7.99. The zero-order valence-electron chi connectivity index (χ0n) is 6.78. The predicted molar refractivity (Wildman–Crippen MR) is 40.6 cm³/mol. The molecule has 0 aromatic rings. The molecule has 2 N–H and O–H groups in total. The molecule has 10 heavy (non-hydrogen) atoms. The van der Waals surface area contributed by atoms with Gasteiger partial charge in [0.05, 0.1) is 0 Å². The number of nitrogens with two attached hydrogens (primary N) is 1. The van der Waals surface area contributed by atoms with Crippen molar-refractivity contribution < 1.29 is 4.39 Å². The van der Waals surface area contributed by atoms with Gasteiger partial charge in [0.25, 0.3) is 0 Å². The van der Waals surface area contributed by atoms with E-state index in [1.54, 1.807) is 13.8 Å². The summed E-state index contributed by atoms with van der Waals surface area (Å²) in [5, 5.41) is 0. The Hall–Kier alpha value is -0.110. The molecule has 1 aliphatic rings. The summed E-state index contributed by atoms with van der Waals surface area (Å²) >= 11 is 0. The van der Waals surface area contributed by atoms with Gasteiger partial charge in [-0.3, -0.25) is 0 Å². The molecule has 1 nitrogen and oxygen atoms in total. The highest BCUT2D eigenvalue weighted by Gasteiger charge is 2.43. The summed E-state index contributed by atoms with van der Waals surface area (Å²) in [6.07, 6.45) is 3.86. The van der Waals surface area contributed by atoms with Crippen LogP contribution >= 0.6 is 0 Å². The molecule has 0 unspecified atom stereocenters. The molecule has 1 aliphatic carbocycles. The number of halogens is 1. The highest BCUT2D eigenvalue weighted by atomic mass is 19.1. The van der Waals surface area contributed by atoms with Crippen LogP contribution in [0.15, 0.2) is 0 Å². The van der Waals surface area contributed by atoms with E-state index < -0.39 is 11.2 Å². The van der Waals surface area contributed by atoms with Crippen LogP contribution in [0.25, 0.3) is 0 Å². The van der Waals surface area contributed by atoms with Gasteiger partial charge in [0, 0.05) is 5.54 Å². The predicted octanol–water partition coefficient (Wildman–Crippen LogP) is 2.01. The van der Waals surface area contributed by atoms with Crippen LogP contribution < -0.4 is 5.73 Å².